The van der Waals surface area contributed by atoms with Crippen LogP contribution in [0.1, 0.15) is 58.2 Å². The van der Waals surface area contributed by atoms with Crippen LogP contribution in [0.3, 0.4) is 0 Å². The summed E-state index contributed by atoms with van der Waals surface area (Å²) in [5, 5.41) is 20.7. The average Bonchev–Trinajstić information content (AvgIpc) is 3.02. The molecule has 2 aromatic carbocycles. The van der Waals surface area contributed by atoms with Gasteiger partial charge < -0.3 is 15.2 Å². The van der Waals surface area contributed by atoms with E-state index in [9.17, 15) is 15.0 Å². The Hall–Kier alpha value is -2.47. The molecule has 1 aromatic heterocycles. The SMILES string of the molecule is CC(C)(C)c1cc(CC(Sc2nc3ccccc3[nH]2)C(=O)O)cc(C(C)(C)C)c1O. The highest BCUT2D eigenvalue weighted by Crippen LogP contribution is 2.40. The zero-order valence-corrected chi connectivity index (χ0v) is 19.2. The molecule has 0 saturated heterocycles. The number of nitrogens with zero attached hydrogens (tertiary/aromatic N) is 1. The molecule has 0 bridgehead atoms. The van der Waals surface area contributed by atoms with Gasteiger partial charge in [0.2, 0.25) is 0 Å². The van der Waals surface area contributed by atoms with Crippen LogP contribution < -0.4 is 0 Å². The zero-order chi connectivity index (χ0) is 22.3. The molecule has 1 heterocycles. The van der Waals surface area contributed by atoms with Crippen molar-refractivity contribution in [2.24, 2.45) is 0 Å². The molecule has 0 spiro atoms. The van der Waals surface area contributed by atoms with Gasteiger partial charge in [-0.3, -0.25) is 4.79 Å². The molecule has 0 aliphatic heterocycles. The van der Waals surface area contributed by atoms with Crippen LogP contribution in [-0.4, -0.2) is 31.4 Å². The third kappa shape index (κ3) is 4.81. The summed E-state index contributed by atoms with van der Waals surface area (Å²) in [6.07, 6.45) is 0.337. The smallest absolute Gasteiger partial charge is 0.317 e. The van der Waals surface area contributed by atoms with Gasteiger partial charge in [0, 0.05) is 0 Å². The lowest BCUT2D eigenvalue weighted by molar-refractivity contribution is -0.136. The van der Waals surface area contributed by atoms with Gasteiger partial charge in [-0.1, -0.05) is 77.6 Å². The molecule has 0 radical (unpaired) electrons. The van der Waals surface area contributed by atoms with Crippen molar-refractivity contribution in [3.63, 3.8) is 0 Å². The summed E-state index contributed by atoms with van der Waals surface area (Å²) in [6.45, 7) is 12.3. The van der Waals surface area contributed by atoms with Gasteiger partial charge in [-0.05, 0) is 46.1 Å². The second-order valence-corrected chi connectivity index (χ2v) is 10.9. The molecule has 1 unspecified atom stereocenters. The fourth-order valence-corrected chi connectivity index (χ4v) is 4.43. The summed E-state index contributed by atoms with van der Waals surface area (Å²) in [5.74, 6) is -0.585. The van der Waals surface area contributed by atoms with E-state index in [1.807, 2.05) is 36.4 Å². The highest BCUT2D eigenvalue weighted by molar-refractivity contribution is 8.00. The summed E-state index contributed by atoms with van der Waals surface area (Å²) in [5.41, 5.74) is 3.76. The lowest BCUT2D eigenvalue weighted by atomic mass is 9.78. The van der Waals surface area contributed by atoms with Crippen molar-refractivity contribution in [1.82, 2.24) is 9.97 Å². The summed E-state index contributed by atoms with van der Waals surface area (Å²) >= 11 is 1.22. The average molecular weight is 427 g/mol. The van der Waals surface area contributed by atoms with Crippen LogP contribution in [-0.2, 0) is 22.0 Å². The molecule has 1 atom stereocenters. The standard InChI is InChI=1S/C24H30N2O3S/c1-23(2,3)15-11-14(12-16(20(15)27)24(4,5)6)13-19(21(28)29)30-22-25-17-9-7-8-10-18(17)26-22/h7-12,19,27H,13H2,1-6H3,(H,25,26)(H,28,29). The normalized spacial score (nSPS) is 13.5. The quantitative estimate of drug-likeness (QED) is 0.459. The minimum Gasteiger partial charge on any atom is -0.507 e. The number of phenolic OH excluding ortho intramolecular Hbond substituents is 1. The van der Waals surface area contributed by atoms with E-state index in [1.54, 1.807) is 0 Å². The number of aromatic amines is 1. The maximum Gasteiger partial charge on any atom is 0.317 e. The van der Waals surface area contributed by atoms with Gasteiger partial charge >= 0.3 is 5.97 Å². The van der Waals surface area contributed by atoms with Crippen molar-refractivity contribution in [3.05, 3.63) is 53.1 Å². The fraction of sp³-hybridized carbons (Fsp3) is 0.417. The van der Waals surface area contributed by atoms with Crippen LogP contribution in [0.4, 0.5) is 0 Å². The van der Waals surface area contributed by atoms with E-state index in [0.717, 1.165) is 27.7 Å². The number of hydrogen-bond donors (Lipinski definition) is 3. The molecule has 5 nitrogen and oxygen atoms in total. The van der Waals surface area contributed by atoms with Crippen LogP contribution in [0.5, 0.6) is 5.75 Å². The van der Waals surface area contributed by atoms with Crippen LogP contribution >= 0.6 is 11.8 Å². The van der Waals surface area contributed by atoms with Crippen LogP contribution in [0.25, 0.3) is 11.0 Å². The molecule has 0 amide bonds. The number of para-hydroxylation sites is 2. The Morgan fingerprint density at radius 3 is 2.13 bits per heavy atom. The highest BCUT2D eigenvalue weighted by Gasteiger charge is 2.28. The van der Waals surface area contributed by atoms with E-state index in [1.165, 1.54) is 11.8 Å². The first-order chi connectivity index (χ1) is 13.9. The number of rotatable bonds is 5. The Kier molecular flexibility index (Phi) is 5.92. The Morgan fingerprint density at radius 1 is 1.07 bits per heavy atom. The lowest BCUT2D eigenvalue weighted by Gasteiger charge is -2.28. The molecule has 3 rings (SSSR count). The summed E-state index contributed by atoms with van der Waals surface area (Å²) in [4.78, 5) is 19.7. The number of phenols is 1. The molecule has 3 N–H and O–H groups in total. The number of carboxylic acids is 1. The molecule has 3 aromatic rings. The Balaban J connectivity index is 1.97. The van der Waals surface area contributed by atoms with Crippen LogP contribution in [0.15, 0.2) is 41.6 Å². The molecular weight excluding hydrogens is 396 g/mol. The number of H-pyrrole nitrogens is 1. The van der Waals surface area contributed by atoms with Crippen molar-refractivity contribution in [3.8, 4) is 5.75 Å². The minimum atomic E-state index is -0.886. The molecule has 6 heteroatoms. The zero-order valence-electron chi connectivity index (χ0n) is 18.4. The highest BCUT2D eigenvalue weighted by atomic mass is 32.2. The number of hydrogen-bond acceptors (Lipinski definition) is 4. The monoisotopic (exact) mass is 426 g/mol. The minimum absolute atomic E-state index is 0.259. The number of fused-ring (bicyclic) bond motifs is 1. The molecular formula is C24H30N2O3S. The van der Waals surface area contributed by atoms with Crippen molar-refractivity contribution in [2.45, 2.75) is 69.2 Å². The second-order valence-electron chi connectivity index (χ2n) is 9.75. The Morgan fingerprint density at radius 2 is 1.63 bits per heavy atom. The predicted octanol–water partition coefficient (Wildman–Crippen LogP) is 5.65. The Bertz CT molecular complexity index is 1010. The molecule has 30 heavy (non-hydrogen) atoms. The fourth-order valence-electron chi connectivity index (χ4n) is 3.47. The molecule has 0 aliphatic rings. The number of imidazole rings is 1. The topological polar surface area (TPSA) is 86.2 Å². The lowest BCUT2D eigenvalue weighted by Crippen LogP contribution is -2.22. The third-order valence-electron chi connectivity index (χ3n) is 5.10. The Labute approximate surface area is 181 Å². The van der Waals surface area contributed by atoms with E-state index in [0.29, 0.717) is 17.3 Å². The van der Waals surface area contributed by atoms with Gasteiger partial charge in [0.15, 0.2) is 5.16 Å². The molecule has 160 valence electrons. The van der Waals surface area contributed by atoms with Crippen LogP contribution in [0, 0.1) is 0 Å². The van der Waals surface area contributed by atoms with E-state index < -0.39 is 11.2 Å². The second kappa shape index (κ2) is 7.99. The van der Waals surface area contributed by atoms with E-state index in [4.69, 9.17) is 0 Å². The molecule has 0 fully saturated rings. The molecule has 0 saturated carbocycles. The summed E-state index contributed by atoms with van der Waals surface area (Å²) in [6, 6.07) is 11.5. The van der Waals surface area contributed by atoms with Gasteiger partial charge in [-0.25, -0.2) is 4.98 Å². The van der Waals surface area contributed by atoms with Crippen molar-refractivity contribution in [2.75, 3.05) is 0 Å². The van der Waals surface area contributed by atoms with Crippen molar-refractivity contribution in [1.29, 1.82) is 0 Å². The largest absolute Gasteiger partial charge is 0.507 e. The number of aliphatic carboxylic acids is 1. The maximum absolute atomic E-state index is 12.0. The molecule has 0 aliphatic carbocycles. The van der Waals surface area contributed by atoms with Gasteiger partial charge in [0.05, 0.1) is 11.0 Å². The predicted molar refractivity (Wildman–Crippen MR) is 123 cm³/mol. The summed E-state index contributed by atoms with van der Waals surface area (Å²) < 4.78 is 0. The van der Waals surface area contributed by atoms with Crippen LogP contribution in [0.2, 0.25) is 0 Å². The number of nitrogens with one attached hydrogen (secondary N) is 1. The van der Waals surface area contributed by atoms with Crippen molar-refractivity contribution >= 4 is 28.8 Å². The van der Waals surface area contributed by atoms with Gasteiger partial charge in [0.25, 0.3) is 0 Å². The first-order valence-corrected chi connectivity index (χ1v) is 11.0. The first-order valence-electron chi connectivity index (χ1n) is 10.1. The van der Waals surface area contributed by atoms with E-state index in [-0.39, 0.29) is 10.8 Å². The summed E-state index contributed by atoms with van der Waals surface area (Å²) in [7, 11) is 0. The first kappa shape index (κ1) is 22.2. The van der Waals surface area contributed by atoms with Crippen molar-refractivity contribution < 1.29 is 15.0 Å². The number of carbonyl (C=O) groups is 1. The number of thioether (sulfide) groups is 1. The van der Waals surface area contributed by atoms with Gasteiger partial charge in [0.1, 0.15) is 11.0 Å². The third-order valence-corrected chi connectivity index (χ3v) is 6.17. The number of aromatic hydroxyl groups is 1. The number of carboxylic acid groups (broad SMARTS) is 1. The number of benzene rings is 2. The number of aromatic nitrogens is 2. The van der Waals surface area contributed by atoms with E-state index >= 15 is 0 Å². The van der Waals surface area contributed by atoms with E-state index in [2.05, 4.69) is 51.5 Å². The maximum atomic E-state index is 12.0. The van der Waals surface area contributed by atoms with Gasteiger partial charge in [-0.2, -0.15) is 0 Å². The van der Waals surface area contributed by atoms with Gasteiger partial charge in [-0.15, -0.1) is 0 Å².